The highest BCUT2D eigenvalue weighted by molar-refractivity contribution is 6.12. The molecule has 3 nitrogen and oxygen atoms in total. The van der Waals surface area contributed by atoms with Gasteiger partial charge in [-0.05, 0) is 65.1 Å². The normalized spacial score (nSPS) is 17.5. The number of rotatable bonds is 3. The zero-order chi connectivity index (χ0) is 21.5. The lowest BCUT2D eigenvalue weighted by molar-refractivity contribution is -0.116. The molecule has 1 N–H and O–H groups in total. The highest BCUT2D eigenvalue weighted by Crippen LogP contribution is 2.48. The molecule has 0 saturated heterocycles. The van der Waals surface area contributed by atoms with Crippen LogP contribution in [0.1, 0.15) is 36.4 Å². The summed E-state index contributed by atoms with van der Waals surface area (Å²) in [5, 5.41) is 6.10. The Bertz CT molecular complexity index is 1370. The second-order valence-corrected chi connectivity index (χ2v) is 8.44. The Labute approximate surface area is 187 Å². The zero-order valence-corrected chi connectivity index (χ0v) is 17.7. The maximum absolute atomic E-state index is 13.2. The van der Waals surface area contributed by atoms with Crippen LogP contribution in [-0.2, 0) is 4.79 Å². The maximum Gasteiger partial charge on any atom is 0.161 e. The number of Topliss-reactive ketones (excluding diaryl/α,β-unsaturated/α-hetero) is 1. The predicted octanol–water partition coefficient (Wildman–Crippen LogP) is 7.31. The van der Waals surface area contributed by atoms with Gasteiger partial charge in [0.1, 0.15) is 11.5 Å². The number of carbonyl (C=O) groups excluding carboxylic acids is 1. The quantitative estimate of drug-likeness (QED) is 0.380. The van der Waals surface area contributed by atoms with Gasteiger partial charge in [0.25, 0.3) is 0 Å². The molecule has 0 saturated carbocycles. The summed E-state index contributed by atoms with van der Waals surface area (Å²) in [7, 11) is 0. The fourth-order valence-electron chi connectivity index (χ4n) is 5.04. The lowest BCUT2D eigenvalue weighted by atomic mass is 9.77. The predicted molar refractivity (Wildman–Crippen MR) is 129 cm³/mol. The minimum atomic E-state index is -0.175. The van der Waals surface area contributed by atoms with E-state index in [1.807, 2.05) is 48.5 Å². The molecule has 0 radical (unpaired) electrons. The van der Waals surface area contributed by atoms with Crippen molar-refractivity contribution in [2.45, 2.75) is 25.3 Å². The van der Waals surface area contributed by atoms with Crippen LogP contribution in [0, 0.1) is 0 Å². The molecule has 3 heteroatoms. The van der Waals surface area contributed by atoms with E-state index in [1.165, 1.54) is 21.9 Å². The van der Waals surface area contributed by atoms with Gasteiger partial charge in [-0.3, -0.25) is 4.79 Å². The summed E-state index contributed by atoms with van der Waals surface area (Å²) in [6.07, 6.45) is 2.45. The highest BCUT2D eigenvalue weighted by Gasteiger charge is 2.35. The third kappa shape index (κ3) is 3.18. The van der Waals surface area contributed by atoms with Gasteiger partial charge in [0, 0.05) is 23.2 Å². The monoisotopic (exact) mass is 417 g/mol. The lowest BCUT2D eigenvalue weighted by Gasteiger charge is -2.35. The minimum Gasteiger partial charge on any atom is -0.457 e. The molecule has 1 atom stereocenters. The molecule has 32 heavy (non-hydrogen) atoms. The van der Waals surface area contributed by atoms with Crippen LogP contribution in [0.2, 0.25) is 0 Å². The lowest BCUT2D eigenvalue weighted by Crippen LogP contribution is -2.27. The van der Waals surface area contributed by atoms with E-state index >= 15 is 0 Å². The molecule has 0 amide bonds. The van der Waals surface area contributed by atoms with Gasteiger partial charge < -0.3 is 10.1 Å². The molecule has 0 bridgehead atoms. The van der Waals surface area contributed by atoms with E-state index in [4.69, 9.17) is 4.74 Å². The SMILES string of the molecule is O=C1CCCC2=C1[C@H](c1cccc(Oc3ccccc3)c1)Nc1ccc3ccccc3c12. The van der Waals surface area contributed by atoms with Crippen LogP contribution in [0.3, 0.4) is 0 Å². The summed E-state index contributed by atoms with van der Waals surface area (Å²) in [4.78, 5) is 13.2. The molecule has 0 spiro atoms. The van der Waals surface area contributed by atoms with E-state index < -0.39 is 0 Å². The fraction of sp³-hybridized carbons (Fsp3) is 0.138. The van der Waals surface area contributed by atoms with Crippen molar-refractivity contribution in [2.24, 2.45) is 0 Å². The number of hydrogen-bond donors (Lipinski definition) is 1. The molecule has 1 aliphatic carbocycles. The van der Waals surface area contributed by atoms with Gasteiger partial charge in [0.05, 0.1) is 6.04 Å². The number of carbonyl (C=O) groups is 1. The summed E-state index contributed by atoms with van der Waals surface area (Å²) in [5.74, 6) is 1.81. The largest absolute Gasteiger partial charge is 0.457 e. The topological polar surface area (TPSA) is 38.3 Å². The Kier molecular flexibility index (Phi) is 4.53. The zero-order valence-electron chi connectivity index (χ0n) is 17.7. The number of ketones is 1. The van der Waals surface area contributed by atoms with Crippen molar-refractivity contribution < 1.29 is 9.53 Å². The first-order valence-corrected chi connectivity index (χ1v) is 11.2. The van der Waals surface area contributed by atoms with Crippen molar-refractivity contribution in [1.82, 2.24) is 0 Å². The number of benzene rings is 4. The van der Waals surface area contributed by atoms with Gasteiger partial charge in [0.2, 0.25) is 0 Å². The van der Waals surface area contributed by atoms with Crippen molar-refractivity contribution in [2.75, 3.05) is 5.32 Å². The number of allylic oxidation sites excluding steroid dienone is 1. The van der Waals surface area contributed by atoms with Crippen molar-refractivity contribution in [3.8, 4) is 11.5 Å². The number of nitrogens with one attached hydrogen (secondary N) is 1. The third-order valence-electron chi connectivity index (χ3n) is 6.45. The first-order chi connectivity index (χ1) is 15.8. The third-order valence-corrected chi connectivity index (χ3v) is 6.45. The van der Waals surface area contributed by atoms with Crippen LogP contribution >= 0.6 is 0 Å². The molecule has 2 aliphatic rings. The number of ether oxygens (including phenoxy) is 1. The van der Waals surface area contributed by atoms with E-state index in [1.54, 1.807) is 0 Å². The van der Waals surface area contributed by atoms with E-state index in [-0.39, 0.29) is 11.8 Å². The van der Waals surface area contributed by atoms with Crippen LogP contribution in [-0.4, -0.2) is 5.78 Å². The van der Waals surface area contributed by atoms with Gasteiger partial charge in [-0.1, -0.05) is 60.7 Å². The van der Waals surface area contributed by atoms with E-state index in [9.17, 15) is 4.79 Å². The molecule has 0 aromatic heterocycles. The van der Waals surface area contributed by atoms with Crippen LogP contribution in [0.15, 0.2) is 96.6 Å². The molecular weight excluding hydrogens is 394 g/mol. The first kappa shape index (κ1) is 18.9. The second kappa shape index (κ2) is 7.69. The van der Waals surface area contributed by atoms with Crippen molar-refractivity contribution >= 4 is 27.8 Å². The van der Waals surface area contributed by atoms with E-state index in [0.717, 1.165) is 41.2 Å². The Hall–Kier alpha value is -3.85. The Morgan fingerprint density at radius 2 is 1.59 bits per heavy atom. The molecule has 4 aromatic carbocycles. The first-order valence-electron chi connectivity index (χ1n) is 11.2. The molecule has 6 rings (SSSR count). The maximum atomic E-state index is 13.2. The number of hydrogen-bond acceptors (Lipinski definition) is 3. The van der Waals surface area contributed by atoms with Gasteiger partial charge in [-0.25, -0.2) is 0 Å². The standard InChI is InChI=1S/C29H23NO2/c31-26-15-7-14-24-27-23-13-5-4-8-19(23)16-17-25(27)30-29(28(24)26)20-9-6-12-22(18-20)32-21-10-2-1-3-11-21/h1-6,8-13,16-18,29-30H,7,14-15H2/t29-/m0/s1. The fourth-order valence-corrected chi connectivity index (χ4v) is 5.04. The van der Waals surface area contributed by atoms with Crippen molar-refractivity contribution in [3.63, 3.8) is 0 Å². The Morgan fingerprint density at radius 3 is 2.50 bits per heavy atom. The molecule has 0 fully saturated rings. The molecule has 156 valence electrons. The van der Waals surface area contributed by atoms with E-state index in [2.05, 4.69) is 47.8 Å². The Morgan fingerprint density at radius 1 is 0.781 bits per heavy atom. The number of anilines is 1. The van der Waals surface area contributed by atoms with Gasteiger partial charge in [-0.15, -0.1) is 0 Å². The van der Waals surface area contributed by atoms with Crippen molar-refractivity contribution in [3.05, 3.63) is 108 Å². The van der Waals surface area contributed by atoms with Gasteiger partial charge in [0.15, 0.2) is 5.78 Å². The van der Waals surface area contributed by atoms with E-state index in [0.29, 0.717) is 6.42 Å². The molecule has 4 aromatic rings. The molecular formula is C29H23NO2. The number of para-hydroxylation sites is 1. The van der Waals surface area contributed by atoms with Crippen LogP contribution < -0.4 is 10.1 Å². The highest BCUT2D eigenvalue weighted by atomic mass is 16.5. The summed E-state index contributed by atoms with van der Waals surface area (Å²) < 4.78 is 6.07. The summed E-state index contributed by atoms with van der Waals surface area (Å²) in [6, 6.07) is 30.4. The molecule has 0 unspecified atom stereocenters. The Balaban J connectivity index is 1.47. The van der Waals surface area contributed by atoms with Crippen LogP contribution in [0.25, 0.3) is 16.3 Å². The van der Waals surface area contributed by atoms with Crippen molar-refractivity contribution in [1.29, 1.82) is 0 Å². The average Bonchev–Trinajstić information content (AvgIpc) is 2.84. The smallest absolute Gasteiger partial charge is 0.161 e. The molecule has 1 heterocycles. The number of fused-ring (bicyclic) bond motifs is 4. The second-order valence-electron chi connectivity index (χ2n) is 8.44. The summed E-state index contributed by atoms with van der Waals surface area (Å²) in [5.41, 5.74) is 5.44. The summed E-state index contributed by atoms with van der Waals surface area (Å²) in [6.45, 7) is 0. The molecule has 1 aliphatic heterocycles. The summed E-state index contributed by atoms with van der Waals surface area (Å²) >= 11 is 0. The van der Waals surface area contributed by atoms with Gasteiger partial charge >= 0.3 is 0 Å². The minimum absolute atomic E-state index is 0.175. The average molecular weight is 418 g/mol. The van der Waals surface area contributed by atoms with Crippen LogP contribution in [0.4, 0.5) is 5.69 Å². The van der Waals surface area contributed by atoms with Crippen LogP contribution in [0.5, 0.6) is 11.5 Å². The van der Waals surface area contributed by atoms with Gasteiger partial charge in [-0.2, -0.15) is 0 Å².